The van der Waals surface area contributed by atoms with Gasteiger partial charge in [-0.25, -0.2) is 4.39 Å². The van der Waals surface area contributed by atoms with Gasteiger partial charge in [0.25, 0.3) is 5.91 Å². The smallest absolute Gasteiger partial charge is 0.322 e. The third-order valence-corrected chi connectivity index (χ3v) is 3.89. The minimum Gasteiger partial charge on any atom is -0.421 e. The molecular formula is C19H15ClFN3O2. The van der Waals surface area contributed by atoms with Crippen molar-refractivity contribution in [3.63, 3.8) is 0 Å². The predicted octanol–water partition coefficient (Wildman–Crippen LogP) is 4.93. The van der Waals surface area contributed by atoms with Crippen LogP contribution >= 0.6 is 11.6 Å². The predicted molar refractivity (Wildman–Crippen MR) is 97.4 cm³/mol. The monoisotopic (exact) mass is 371 g/mol. The van der Waals surface area contributed by atoms with E-state index in [4.69, 9.17) is 16.3 Å². The SMILES string of the molecule is Cc1nc(Oc2ccccc2F)nc(C)c1NC(=O)c1ccc(Cl)cc1. The molecule has 7 heteroatoms. The molecule has 0 spiro atoms. The molecule has 3 rings (SSSR count). The molecule has 3 aromatic rings. The third-order valence-electron chi connectivity index (χ3n) is 3.63. The van der Waals surface area contributed by atoms with E-state index in [2.05, 4.69) is 15.3 Å². The van der Waals surface area contributed by atoms with E-state index in [0.717, 1.165) is 0 Å². The Bertz CT molecular complexity index is 938. The highest BCUT2D eigenvalue weighted by Gasteiger charge is 2.15. The fraction of sp³-hybridized carbons (Fsp3) is 0.105. The molecule has 0 atom stereocenters. The Morgan fingerprint density at radius 2 is 1.65 bits per heavy atom. The molecule has 132 valence electrons. The van der Waals surface area contributed by atoms with Crippen molar-refractivity contribution in [2.45, 2.75) is 13.8 Å². The highest BCUT2D eigenvalue weighted by molar-refractivity contribution is 6.30. The van der Waals surface area contributed by atoms with Gasteiger partial charge in [-0.05, 0) is 50.2 Å². The van der Waals surface area contributed by atoms with Crippen LogP contribution in [0.25, 0.3) is 0 Å². The standard InChI is InChI=1S/C19H15ClFN3O2/c1-11-17(24-18(25)13-7-9-14(20)10-8-13)12(2)23-19(22-11)26-16-6-4-3-5-15(16)21/h3-10H,1-2H3,(H,24,25). The van der Waals surface area contributed by atoms with Crippen LogP contribution in [-0.2, 0) is 0 Å². The van der Waals surface area contributed by atoms with Crippen molar-refractivity contribution in [2.24, 2.45) is 0 Å². The number of carbonyl (C=O) groups is 1. The first-order valence-electron chi connectivity index (χ1n) is 7.78. The number of anilines is 1. The normalized spacial score (nSPS) is 10.5. The molecule has 1 amide bonds. The highest BCUT2D eigenvalue weighted by Crippen LogP contribution is 2.25. The van der Waals surface area contributed by atoms with Crippen LogP contribution in [0.1, 0.15) is 21.7 Å². The molecule has 26 heavy (non-hydrogen) atoms. The van der Waals surface area contributed by atoms with E-state index in [1.807, 2.05) is 0 Å². The average molecular weight is 372 g/mol. The zero-order valence-corrected chi connectivity index (χ0v) is 14.8. The number of benzene rings is 2. The van der Waals surface area contributed by atoms with Gasteiger partial charge >= 0.3 is 6.01 Å². The number of ether oxygens (including phenoxy) is 1. The molecule has 1 N–H and O–H groups in total. The molecule has 0 saturated carbocycles. The summed E-state index contributed by atoms with van der Waals surface area (Å²) in [4.78, 5) is 20.8. The van der Waals surface area contributed by atoms with Crippen molar-refractivity contribution in [1.82, 2.24) is 9.97 Å². The molecule has 0 saturated heterocycles. The number of aryl methyl sites for hydroxylation is 2. The molecule has 2 aromatic carbocycles. The molecule has 1 aromatic heterocycles. The van der Waals surface area contributed by atoms with E-state index in [9.17, 15) is 9.18 Å². The highest BCUT2D eigenvalue weighted by atomic mass is 35.5. The molecule has 0 aliphatic heterocycles. The number of carbonyl (C=O) groups excluding carboxylic acids is 1. The number of halogens is 2. The molecule has 0 aliphatic carbocycles. The first-order chi connectivity index (χ1) is 12.4. The van der Waals surface area contributed by atoms with Gasteiger partial charge in [-0.2, -0.15) is 9.97 Å². The molecule has 1 heterocycles. The van der Waals surface area contributed by atoms with Gasteiger partial charge in [0.1, 0.15) is 0 Å². The minimum atomic E-state index is -0.508. The van der Waals surface area contributed by atoms with E-state index < -0.39 is 5.82 Å². The number of hydrogen-bond acceptors (Lipinski definition) is 4. The lowest BCUT2D eigenvalue weighted by Crippen LogP contribution is -2.15. The number of para-hydroxylation sites is 1. The van der Waals surface area contributed by atoms with E-state index in [1.165, 1.54) is 12.1 Å². The van der Waals surface area contributed by atoms with Gasteiger partial charge in [0.15, 0.2) is 11.6 Å². The summed E-state index contributed by atoms with van der Waals surface area (Å²) in [6, 6.07) is 12.5. The second-order valence-corrected chi connectivity index (χ2v) is 5.98. The lowest BCUT2D eigenvalue weighted by molar-refractivity contribution is 0.102. The molecule has 0 fully saturated rings. The summed E-state index contributed by atoms with van der Waals surface area (Å²) in [6.07, 6.45) is 0. The van der Waals surface area contributed by atoms with E-state index in [0.29, 0.717) is 27.7 Å². The summed E-state index contributed by atoms with van der Waals surface area (Å²) in [5, 5.41) is 3.33. The quantitative estimate of drug-likeness (QED) is 0.706. The zero-order valence-electron chi connectivity index (χ0n) is 14.1. The zero-order chi connectivity index (χ0) is 18.7. The van der Waals surface area contributed by atoms with Crippen LogP contribution in [0.2, 0.25) is 5.02 Å². The Labute approximate surface area is 154 Å². The van der Waals surface area contributed by atoms with Crippen LogP contribution in [0, 0.1) is 19.7 Å². The summed E-state index contributed by atoms with van der Waals surface area (Å²) in [6.45, 7) is 3.42. The van der Waals surface area contributed by atoms with Crippen molar-refractivity contribution < 1.29 is 13.9 Å². The Morgan fingerprint density at radius 1 is 1.04 bits per heavy atom. The van der Waals surface area contributed by atoms with Gasteiger partial charge < -0.3 is 10.1 Å². The fourth-order valence-corrected chi connectivity index (χ4v) is 2.45. The third kappa shape index (κ3) is 3.97. The number of nitrogens with one attached hydrogen (secondary N) is 1. The number of rotatable bonds is 4. The Hall–Kier alpha value is -2.99. The molecule has 0 unspecified atom stereocenters. The first kappa shape index (κ1) is 17.8. The van der Waals surface area contributed by atoms with E-state index >= 15 is 0 Å². The van der Waals surface area contributed by atoms with Crippen LogP contribution in [0.3, 0.4) is 0 Å². The topological polar surface area (TPSA) is 64.1 Å². The Kier molecular flexibility index (Phi) is 5.14. The lowest BCUT2D eigenvalue weighted by atomic mass is 10.2. The molecular weight excluding hydrogens is 357 g/mol. The first-order valence-corrected chi connectivity index (χ1v) is 8.16. The summed E-state index contributed by atoms with van der Waals surface area (Å²) in [5.41, 5.74) is 1.95. The maximum absolute atomic E-state index is 13.7. The summed E-state index contributed by atoms with van der Waals surface area (Å²) in [5.74, 6) is -0.782. The van der Waals surface area contributed by atoms with Gasteiger partial charge in [-0.1, -0.05) is 23.7 Å². The number of aromatic nitrogens is 2. The van der Waals surface area contributed by atoms with Gasteiger partial charge in [-0.3, -0.25) is 4.79 Å². The summed E-state index contributed by atoms with van der Waals surface area (Å²) < 4.78 is 19.1. The van der Waals surface area contributed by atoms with Crippen molar-refractivity contribution in [3.8, 4) is 11.8 Å². The molecule has 0 bridgehead atoms. The number of hydrogen-bond donors (Lipinski definition) is 1. The maximum atomic E-state index is 13.7. The van der Waals surface area contributed by atoms with Crippen molar-refractivity contribution in [3.05, 3.63) is 76.3 Å². The van der Waals surface area contributed by atoms with Crippen molar-refractivity contribution in [2.75, 3.05) is 5.32 Å². The van der Waals surface area contributed by atoms with Gasteiger partial charge in [0.2, 0.25) is 0 Å². The average Bonchev–Trinajstić information content (AvgIpc) is 2.60. The van der Waals surface area contributed by atoms with Crippen LogP contribution in [0.5, 0.6) is 11.8 Å². The largest absolute Gasteiger partial charge is 0.421 e. The van der Waals surface area contributed by atoms with Crippen LogP contribution in [0.4, 0.5) is 10.1 Å². The lowest BCUT2D eigenvalue weighted by Gasteiger charge is -2.12. The van der Waals surface area contributed by atoms with Gasteiger partial charge in [0, 0.05) is 10.6 Å². The number of amides is 1. The van der Waals surface area contributed by atoms with Crippen molar-refractivity contribution in [1.29, 1.82) is 0 Å². The van der Waals surface area contributed by atoms with Crippen LogP contribution in [0.15, 0.2) is 48.5 Å². The molecule has 5 nitrogen and oxygen atoms in total. The second-order valence-electron chi connectivity index (χ2n) is 5.55. The summed E-state index contributed by atoms with van der Waals surface area (Å²) >= 11 is 5.83. The Morgan fingerprint density at radius 3 is 2.27 bits per heavy atom. The van der Waals surface area contributed by atoms with E-state index in [1.54, 1.807) is 50.2 Å². The van der Waals surface area contributed by atoms with E-state index in [-0.39, 0.29) is 17.7 Å². The maximum Gasteiger partial charge on any atom is 0.322 e. The van der Waals surface area contributed by atoms with Crippen molar-refractivity contribution >= 4 is 23.2 Å². The second kappa shape index (κ2) is 7.49. The number of nitrogens with zero attached hydrogens (tertiary/aromatic N) is 2. The fourth-order valence-electron chi connectivity index (χ4n) is 2.32. The summed E-state index contributed by atoms with van der Waals surface area (Å²) in [7, 11) is 0. The van der Waals surface area contributed by atoms with Gasteiger partial charge in [0.05, 0.1) is 17.1 Å². The minimum absolute atomic E-state index is 0.00888. The van der Waals surface area contributed by atoms with Crippen LogP contribution in [-0.4, -0.2) is 15.9 Å². The molecule has 0 radical (unpaired) electrons. The van der Waals surface area contributed by atoms with Gasteiger partial charge in [-0.15, -0.1) is 0 Å². The Balaban J connectivity index is 1.82. The molecule has 0 aliphatic rings. The van der Waals surface area contributed by atoms with Crippen LogP contribution < -0.4 is 10.1 Å².